The molecule has 3 aliphatic heterocycles. The summed E-state index contributed by atoms with van der Waals surface area (Å²) in [5.41, 5.74) is 6.55. The van der Waals surface area contributed by atoms with Gasteiger partial charge in [-0.2, -0.15) is 0 Å². The van der Waals surface area contributed by atoms with Crippen molar-refractivity contribution >= 4 is 0 Å². The Morgan fingerprint density at radius 2 is 1.85 bits per heavy atom. The average Bonchev–Trinajstić information content (AvgIpc) is 2.94. The number of hydrogen-bond donors (Lipinski definition) is 1. The number of fused-ring (bicyclic) bond motifs is 1. The van der Waals surface area contributed by atoms with E-state index in [0.717, 1.165) is 12.6 Å². The number of piperidine rings is 1. The summed E-state index contributed by atoms with van der Waals surface area (Å²) in [5, 5.41) is 0. The van der Waals surface area contributed by atoms with Crippen molar-refractivity contribution in [1.82, 2.24) is 14.7 Å². The minimum atomic E-state index is 0.292. The molecule has 0 aromatic carbocycles. The molecule has 0 amide bonds. The molecule has 0 aromatic heterocycles. The van der Waals surface area contributed by atoms with Gasteiger partial charge in [0.1, 0.15) is 0 Å². The number of hydrogen-bond acceptors (Lipinski definition) is 4. The number of likely N-dealkylation sites (tertiary alicyclic amines) is 1. The van der Waals surface area contributed by atoms with Crippen LogP contribution in [-0.4, -0.2) is 78.1 Å². The lowest BCUT2D eigenvalue weighted by Gasteiger charge is -2.52. The number of nitrogens with two attached hydrogens (primary N) is 1. The molecule has 0 aromatic rings. The van der Waals surface area contributed by atoms with E-state index in [1.54, 1.807) is 0 Å². The first-order valence-electron chi connectivity index (χ1n) is 8.58. The Bertz CT molecular complexity index is 322. The van der Waals surface area contributed by atoms with E-state index in [1.165, 1.54) is 65.0 Å². The van der Waals surface area contributed by atoms with Gasteiger partial charge in [0.05, 0.1) is 0 Å². The van der Waals surface area contributed by atoms with Crippen LogP contribution in [0.2, 0.25) is 0 Å². The second kappa shape index (κ2) is 5.91. The highest BCUT2D eigenvalue weighted by molar-refractivity contribution is 5.00. The molecule has 0 bridgehead atoms. The number of piperazine rings is 1. The van der Waals surface area contributed by atoms with E-state index in [0.29, 0.717) is 11.6 Å². The molecule has 4 heteroatoms. The Labute approximate surface area is 124 Å². The van der Waals surface area contributed by atoms with E-state index in [9.17, 15) is 0 Å². The van der Waals surface area contributed by atoms with Gasteiger partial charge in [-0.1, -0.05) is 0 Å². The number of nitrogens with zero attached hydrogens (tertiary/aromatic N) is 3. The van der Waals surface area contributed by atoms with Gasteiger partial charge in [-0.05, 0) is 46.1 Å². The van der Waals surface area contributed by atoms with Crippen LogP contribution in [0.15, 0.2) is 0 Å². The smallest absolute Gasteiger partial charge is 0.0357 e. The predicted octanol–water partition coefficient (Wildman–Crippen LogP) is 0.968. The molecule has 1 unspecified atom stereocenters. The van der Waals surface area contributed by atoms with E-state index < -0.39 is 0 Å². The lowest BCUT2D eigenvalue weighted by Crippen LogP contribution is -2.65. The van der Waals surface area contributed by atoms with Crippen molar-refractivity contribution in [1.29, 1.82) is 0 Å². The zero-order chi connectivity index (χ0) is 14.2. The fourth-order valence-electron chi connectivity index (χ4n) is 4.53. The second-order valence-corrected chi connectivity index (χ2v) is 7.34. The minimum Gasteiger partial charge on any atom is -0.329 e. The highest BCUT2D eigenvalue weighted by Crippen LogP contribution is 2.33. The molecule has 116 valence electrons. The van der Waals surface area contributed by atoms with Gasteiger partial charge in [0, 0.05) is 56.9 Å². The fraction of sp³-hybridized carbons (Fsp3) is 1.00. The van der Waals surface area contributed by atoms with E-state index in [2.05, 4.69) is 28.5 Å². The van der Waals surface area contributed by atoms with Gasteiger partial charge < -0.3 is 10.6 Å². The Hall–Kier alpha value is -0.160. The fourth-order valence-corrected chi connectivity index (χ4v) is 4.53. The molecule has 3 fully saturated rings. The summed E-state index contributed by atoms with van der Waals surface area (Å²) < 4.78 is 0. The highest BCUT2D eigenvalue weighted by atomic mass is 15.3. The third-order valence-electron chi connectivity index (χ3n) is 6.10. The zero-order valence-corrected chi connectivity index (χ0v) is 13.4. The van der Waals surface area contributed by atoms with Crippen LogP contribution in [0.4, 0.5) is 0 Å². The van der Waals surface area contributed by atoms with Crippen LogP contribution in [0.3, 0.4) is 0 Å². The van der Waals surface area contributed by atoms with E-state index in [-0.39, 0.29) is 0 Å². The van der Waals surface area contributed by atoms with E-state index in [4.69, 9.17) is 5.73 Å². The zero-order valence-electron chi connectivity index (χ0n) is 13.4. The molecule has 0 aliphatic carbocycles. The van der Waals surface area contributed by atoms with Crippen LogP contribution < -0.4 is 5.73 Å². The molecule has 4 nitrogen and oxygen atoms in total. The normalized spacial score (nSPS) is 32.7. The third-order valence-corrected chi connectivity index (χ3v) is 6.10. The van der Waals surface area contributed by atoms with Crippen molar-refractivity contribution in [2.24, 2.45) is 5.73 Å². The molecule has 20 heavy (non-hydrogen) atoms. The lowest BCUT2D eigenvalue weighted by atomic mass is 9.84. The van der Waals surface area contributed by atoms with Gasteiger partial charge >= 0.3 is 0 Å². The monoisotopic (exact) mass is 280 g/mol. The average molecular weight is 280 g/mol. The number of rotatable bonds is 3. The molecule has 2 N–H and O–H groups in total. The lowest BCUT2D eigenvalue weighted by molar-refractivity contribution is -0.0227. The standard InChI is InChI=1S/C16H32N4/c1-14(2)18-8-5-16(13-17,6-9-18)20-11-10-19-7-3-4-15(19)12-20/h14-15H,3-13,17H2,1-2H3. The Morgan fingerprint density at radius 3 is 2.50 bits per heavy atom. The Kier molecular flexibility index (Phi) is 4.37. The summed E-state index contributed by atoms with van der Waals surface area (Å²) >= 11 is 0. The molecule has 0 spiro atoms. The van der Waals surface area contributed by atoms with Crippen LogP contribution in [0.25, 0.3) is 0 Å². The van der Waals surface area contributed by atoms with Gasteiger partial charge in [-0.15, -0.1) is 0 Å². The second-order valence-electron chi connectivity index (χ2n) is 7.34. The quantitative estimate of drug-likeness (QED) is 0.835. The maximum absolute atomic E-state index is 6.25. The van der Waals surface area contributed by atoms with Crippen molar-refractivity contribution in [3.8, 4) is 0 Å². The molecule has 0 saturated carbocycles. The molecule has 3 rings (SSSR count). The maximum Gasteiger partial charge on any atom is 0.0357 e. The van der Waals surface area contributed by atoms with Crippen molar-refractivity contribution in [3.05, 3.63) is 0 Å². The molecular weight excluding hydrogens is 248 g/mol. The SMILES string of the molecule is CC(C)N1CCC(CN)(N2CCN3CCCC3C2)CC1. The first kappa shape index (κ1) is 14.8. The van der Waals surface area contributed by atoms with Crippen LogP contribution in [0.5, 0.6) is 0 Å². The van der Waals surface area contributed by atoms with E-state index in [1.807, 2.05) is 0 Å². The largest absolute Gasteiger partial charge is 0.329 e. The Morgan fingerprint density at radius 1 is 1.10 bits per heavy atom. The van der Waals surface area contributed by atoms with Gasteiger partial charge in [-0.25, -0.2) is 0 Å². The minimum absolute atomic E-state index is 0.292. The van der Waals surface area contributed by atoms with Gasteiger partial charge in [0.15, 0.2) is 0 Å². The predicted molar refractivity (Wildman–Crippen MR) is 83.9 cm³/mol. The third kappa shape index (κ3) is 2.63. The van der Waals surface area contributed by atoms with Gasteiger partial charge in [0.2, 0.25) is 0 Å². The van der Waals surface area contributed by atoms with Crippen LogP contribution >= 0.6 is 0 Å². The molecular formula is C16H32N4. The van der Waals surface area contributed by atoms with E-state index >= 15 is 0 Å². The van der Waals surface area contributed by atoms with Gasteiger partial charge in [0.25, 0.3) is 0 Å². The summed E-state index contributed by atoms with van der Waals surface area (Å²) in [6.45, 7) is 13.0. The summed E-state index contributed by atoms with van der Waals surface area (Å²) in [4.78, 5) is 8.07. The van der Waals surface area contributed by atoms with Gasteiger partial charge in [-0.3, -0.25) is 9.80 Å². The highest BCUT2D eigenvalue weighted by Gasteiger charge is 2.43. The summed E-state index contributed by atoms with van der Waals surface area (Å²) in [6, 6.07) is 1.49. The topological polar surface area (TPSA) is 35.7 Å². The molecule has 1 atom stereocenters. The van der Waals surface area contributed by atoms with Crippen molar-refractivity contribution < 1.29 is 0 Å². The van der Waals surface area contributed by atoms with Crippen LogP contribution in [0, 0.1) is 0 Å². The first-order valence-corrected chi connectivity index (χ1v) is 8.58. The van der Waals surface area contributed by atoms with Crippen LogP contribution in [0.1, 0.15) is 39.5 Å². The molecule has 3 heterocycles. The maximum atomic E-state index is 6.25. The summed E-state index contributed by atoms with van der Waals surface area (Å²) in [6.07, 6.45) is 5.31. The van der Waals surface area contributed by atoms with Crippen molar-refractivity contribution in [3.63, 3.8) is 0 Å². The molecule has 3 saturated heterocycles. The summed E-state index contributed by atoms with van der Waals surface area (Å²) in [7, 11) is 0. The van der Waals surface area contributed by atoms with Crippen molar-refractivity contribution in [2.45, 2.75) is 57.2 Å². The Balaban J connectivity index is 1.64. The molecule has 0 radical (unpaired) electrons. The molecule has 3 aliphatic rings. The first-order chi connectivity index (χ1) is 9.64. The van der Waals surface area contributed by atoms with Crippen LogP contribution in [-0.2, 0) is 0 Å². The summed E-state index contributed by atoms with van der Waals surface area (Å²) in [5.74, 6) is 0. The van der Waals surface area contributed by atoms with Crippen molar-refractivity contribution in [2.75, 3.05) is 45.8 Å².